The molecule has 1 heterocycles. The van der Waals surface area contributed by atoms with Gasteiger partial charge in [0.05, 0.1) is 24.9 Å². The highest BCUT2D eigenvalue weighted by atomic mass is 79.9. The van der Waals surface area contributed by atoms with Gasteiger partial charge in [-0.05, 0) is 42.2 Å². The fourth-order valence-corrected chi connectivity index (χ4v) is 4.97. The molecule has 2 N–H and O–H groups in total. The molecule has 0 unspecified atom stereocenters. The second-order valence-corrected chi connectivity index (χ2v) is 10.5. The zero-order chi connectivity index (χ0) is 24.8. The summed E-state index contributed by atoms with van der Waals surface area (Å²) in [5, 5.41) is 0. The fourth-order valence-electron chi connectivity index (χ4n) is 3.63. The summed E-state index contributed by atoms with van der Waals surface area (Å²) in [6.07, 6.45) is 3.49. The third-order valence-corrected chi connectivity index (χ3v) is 7.24. The molecule has 0 radical (unpaired) electrons. The Kier molecular flexibility index (Phi) is 6.41. The van der Waals surface area contributed by atoms with Crippen LogP contribution in [0.4, 0.5) is 8.78 Å². The first-order valence-electron chi connectivity index (χ1n) is 10.2. The van der Waals surface area contributed by atoms with Crippen molar-refractivity contribution in [3.05, 3.63) is 80.3 Å². The van der Waals surface area contributed by atoms with E-state index in [4.69, 9.17) is 14.5 Å². The second kappa shape index (κ2) is 8.88. The first-order chi connectivity index (χ1) is 15.9. The van der Waals surface area contributed by atoms with Gasteiger partial charge in [-0.1, -0.05) is 40.2 Å². The molecule has 1 fully saturated rings. The van der Waals surface area contributed by atoms with Crippen LogP contribution in [0.1, 0.15) is 40.4 Å². The highest BCUT2D eigenvalue weighted by Gasteiger charge is 2.51. The van der Waals surface area contributed by atoms with E-state index in [-0.39, 0.29) is 22.7 Å². The van der Waals surface area contributed by atoms with E-state index in [1.54, 1.807) is 35.0 Å². The smallest absolute Gasteiger partial charge is 0.399 e. The molecule has 34 heavy (non-hydrogen) atoms. The number of esters is 1. The predicted octanol–water partition coefficient (Wildman–Crippen LogP) is 4.48. The van der Waals surface area contributed by atoms with Crippen LogP contribution in [0.15, 0.2) is 57.9 Å². The number of halogens is 3. The summed E-state index contributed by atoms with van der Waals surface area (Å²) in [5.41, 5.74) is -3.39. The Labute approximate surface area is 201 Å². The molecule has 1 aliphatic carbocycles. The van der Waals surface area contributed by atoms with Crippen LogP contribution in [0.2, 0.25) is 0 Å². The van der Waals surface area contributed by atoms with E-state index >= 15 is 0 Å². The topological polar surface area (TPSA) is 111 Å². The zero-order valence-corrected chi connectivity index (χ0v) is 20.3. The quantitative estimate of drug-likeness (QED) is 0.328. The van der Waals surface area contributed by atoms with E-state index in [1.165, 1.54) is 23.8 Å². The van der Waals surface area contributed by atoms with Crippen molar-refractivity contribution in [1.82, 2.24) is 9.13 Å². The van der Waals surface area contributed by atoms with Gasteiger partial charge in [0.2, 0.25) is 0 Å². The molecule has 1 aliphatic rings. The molecule has 4 rings (SSSR count). The molecular weight excluding hydrogens is 537 g/mol. The summed E-state index contributed by atoms with van der Waals surface area (Å²) in [7, 11) is -4.44. The number of hydrogen-bond donors (Lipinski definition) is 2. The minimum atomic E-state index is -5.72. The van der Waals surface area contributed by atoms with E-state index in [0.717, 1.165) is 18.9 Å². The van der Waals surface area contributed by atoms with E-state index in [1.807, 2.05) is 0 Å². The van der Waals surface area contributed by atoms with Crippen LogP contribution >= 0.6 is 23.5 Å². The largest absolute Gasteiger partial charge is 0.465 e. The third-order valence-electron chi connectivity index (χ3n) is 5.61. The van der Waals surface area contributed by atoms with Crippen LogP contribution in [0.3, 0.4) is 0 Å². The van der Waals surface area contributed by atoms with Crippen molar-refractivity contribution in [3.63, 3.8) is 0 Å². The number of alkyl halides is 2. The molecule has 12 heteroatoms. The predicted molar refractivity (Wildman–Crippen MR) is 123 cm³/mol. The molecule has 0 spiro atoms. The Bertz CT molecular complexity index is 1360. The Hall–Kier alpha value is -2.59. The molecule has 0 saturated heterocycles. The number of imidazole rings is 1. The van der Waals surface area contributed by atoms with E-state index < -0.39 is 24.8 Å². The van der Waals surface area contributed by atoms with Crippen LogP contribution in [-0.4, -0.2) is 32.0 Å². The minimum Gasteiger partial charge on any atom is -0.465 e. The lowest BCUT2D eigenvalue weighted by Crippen LogP contribution is -2.24. The number of carbonyl (C=O) groups excluding carboxylic acids is 1. The molecule has 1 saturated carbocycles. The number of hydrogen-bond acceptors (Lipinski definition) is 4. The number of methoxy groups -OCH3 is 1. The Morgan fingerprint density at radius 3 is 2.38 bits per heavy atom. The molecule has 180 valence electrons. The Morgan fingerprint density at radius 1 is 1.21 bits per heavy atom. The Morgan fingerprint density at radius 2 is 1.85 bits per heavy atom. The van der Waals surface area contributed by atoms with Gasteiger partial charge in [0.25, 0.3) is 0 Å². The minimum absolute atomic E-state index is 0.0347. The molecule has 0 bridgehead atoms. The third kappa shape index (κ3) is 4.53. The van der Waals surface area contributed by atoms with Crippen LogP contribution in [0, 0.1) is 0 Å². The average molecular weight is 557 g/mol. The molecule has 0 amide bonds. The van der Waals surface area contributed by atoms with Crippen molar-refractivity contribution >= 4 is 29.5 Å². The zero-order valence-electron chi connectivity index (χ0n) is 17.8. The van der Waals surface area contributed by atoms with E-state index in [2.05, 4.69) is 15.9 Å². The summed E-state index contributed by atoms with van der Waals surface area (Å²) in [5.74, 6) is -0.489. The average Bonchev–Trinajstić information content (AvgIpc) is 3.57. The van der Waals surface area contributed by atoms with E-state index in [9.17, 15) is 22.9 Å². The maximum absolute atomic E-state index is 14.2. The first kappa shape index (κ1) is 24.5. The second-order valence-electron chi connectivity index (χ2n) is 7.99. The van der Waals surface area contributed by atoms with Gasteiger partial charge < -0.3 is 14.5 Å². The summed E-state index contributed by atoms with van der Waals surface area (Å²) in [6.45, 7) is 0.0347. The molecule has 3 aromatic rings. The monoisotopic (exact) mass is 556 g/mol. The van der Waals surface area contributed by atoms with Crippen molar-refractivity contribution in [3.8, 4) is 11.3 Å². The lowest BCUT2D eigenvalue weighted by molar-refractivity contribution is 0.0557. The maximum atomic E-state index is 14.2. The van der Waals surface area contributed by atoms with Crippen LogP contribution in [0.5, 0.6) is 0 Å². The number of aromatic nitrogens is 2. The molecule has 0 aliphatic heterocycles. The number of ether oxygens (including phenoxy) is 1. The van der Waals surface area contributed by atoms with Gasteiger partial charge in [-0.15, -0.1) is 0 Å². The van der Waals surface area contributed by atoms with Gasteiger partial charge >= 0.3 is 24.9 Å². The fraction of sp³-hybridized carbons (Fsp3) is 0.273. The highest BCUT2D eigenvalue weighted by molar-refractivity contribution is 9.10. The van der Waals surface area contributed by atoms with Crippen molar-refractivity contribution in [1.29, 1.82) is 0 Å². The van der Waals surface area contributed by atoms with Crippen LogP contribution in [0.25, 0.3) is 11.3 Å². The molecule has 8 nitrogen and oxygen atoms in total. The first-order valence-corrected chi connectivity index (χ1v) is 12.6. The summed E-state index contributed by atoms with van der Waals surface area (Å²) >= 11 is 2.98. The maximum Gasteiger partial charge on any atom is 0.399 e. The number of rotatable bonds is 7. The number of nitrogens with zero attached hydrogens (tertiary/aromatic N) is 2. The molecule has 1 aromatic heterocycles. The lowest BCUT2D eigenvalue weighted by atomic mass is 10.1. The molecule has 0 atom stereocenters. The normalized spacial score (nSPS) is 14.3. The number of carbonyl (C=O) groups is 1. The summed E-state index contributed by atoms with van der Waals surface area (Å²) in [4.78, 5) is 42.9. The SMILES string of the molecule is COC(=O)c1ccc(-c2cn(C3CC3)c(=O)n2Cc2ccc(C(F)(F)P(=O)(O)O)c(Br)c2)cc1. The Balaban J connectivity index is 1.73. The standard InChI is InChI=1S/C22H20BrF2N2O6P/c1-33-20(28)15-5-3-14(4-6-15)19-12-26(16-7-8-16)21(29)27(19)11-13-2-9-17(18(23)10-13)22(24,25)34(30,31)32/h2-6,9-10,12,16H,7-8,11H2,1H3,(H2,30,31,32). The van der Waals surface area contributed by atoms with Gasteiger partial charge in [-0.2, -0.15) is 8.78 Å². The molecular formula is C22H20BrF2N2O6P. The summed E-state index contributed by atoms with van der Waals surface area (Å²) in [6, 6.07) is 10.2. The van der Waals surface area contributed by atoms with Crippen LogP contribution < -0.4 is 5.69 Å². The molecule has 2 aromatic carbocycles. The van der Waals surface area contributed by atoms with Crippen molar-refractivity contribution in [2.45, 2.75) is 31.1 Å². The lowest BCUT2D eigenvalue weighted by Gasteiger charge is -2.19. The van der Waals surface area contributed by atoms with Crippen molar-refractivity contribution < 1.29 is 32.7 Å². The van der Waals surface area contributed by atoms with Gasteiger partial charge in [0.1, 0.15) is 0 Å². The van der Waals surface area contributed by atoms with Gasteiger partial charge in [0.15, 0.2) is 0 Å². The van der Waals surface area contributed by atoms with Gasteiger partial charge in [-0.3, -0.25) is 13.7 Å². The highest BCUT2D eigenvalue weighted by Crippen LogP contribution is 2.60. The number of benzene rings is 2. The van der Waals surface area contributed by atoms with E-state index in [0.29, 0.717) is 22.4 Å². The summed E-state index contributed by atoms with van der Waals surface area (Å²) < 4.78 is 47.2. The van der Waals surface area contributed by atoms with Gasteiger partial charge in [0, 0.05) is 22.3 Å². The van der Waals surface area contributed by atoms with Crippen LogP contribution in [-0.2, 0) is 21.5 Å². The van der Waals surface area contributed by atoms with Crippen molar-refractivity contribution in [2.75, 3.05) is 7.11 Å². The van der Waals surface area contributed by atoms with Gasteiger partial charge in [-0.25, -0.2) is 9.59 Å². The van der Waals surface area contributed by atoms with Crippen molar-refractivity contribution in [2.24, 2.45) is 0 Å².